The van der Waals surface area contributed by atoms with Gasteiger partial charge in [-0.15, -0.1) is 0 Å². The smallest absolute Gasteiger partial charge is 0.306 e. The van der Waals surface area contributed by atoms with Gasteiger partial charge in [-0.1, -0.05) is 209 Å². The second kappa shape index (κ2) is 30.0. The van der Waals surface area contributed by atoms with E-state index in [-0.39, 0.29) is 11.4 Å². The highest BCUT2D eigenvalue weighted by molar-refractivity contribution is 5.69. The molecule has 0 fully saturated rings. The van der Waals surface area contributed by atoms with Crippen molar-refractivity contribution in [3.8, 4) is 0 Å². The van der Waals surface area contributed by atoms with Crippen LogP contribution in [0.3, 0.4) is 0 Å². The fourth-order valence-corrected chi connectivity index (χ4v) is 7.09. The van der Waals surface area contributed by atoms with Crippen LogP contribution in [0.15, 0.2) is 58.7 Å². The van der Waals surface area contributed by atoms with Gasteiger partial charge in [-0.3, -0.25) is 4.79 Å². The molecule has 0 atom stereocenters. The fourth-order valence-electron chi connectivity index (χ4n) is 7.09. The lowest BCUT2D eigenvalue weighted by Crippen LogP contribution is -2.19. The molecule has 0 spiro atoms. The fraction of sp³-hybridized carbons (Fsp3) is 0.761. The van der Waals surface area contributed by atoms with Crippen molar-refractivity contribution in [2.24, 2.45) is 5.41 Å². The highest BCUT2D eigenvalue weighted by Gasteiger charge is 2.26. The molecule has 276 valence electrons. The van der Waals surface area contributed by atoms with Gasteiger partial charge in [-0.2, -0.15) is 0 Å². The molecular weight excluding hydrogens is 585 g/mol. The summed E-state index contributed by atoms with van der Waals surface area (Å²) in [6.45, 7) is 13.9. The van der Waals surface area contributed by atoms with Crippen LogP contribution in [-0.4, -0.2) is 12.6 Å². The van der Waals surface area contributed by atoms with E-state index in [0.29, 0.717) is 13.0 Å². The number of rotatable bonds is 30. The van der Waals surface area contributed by atoms with Crippen molar-refractivity contribution in [3.63, 3.8) is 0 Å². The number of carbonyl (C=O) groups is 1. The van der Waals surface area contributed by atoms with E-state index < -0.39 is 0 Å². The summed E-state index contributed by atoms with van der Waals surface area (Å²) in [6.07, 6.45) is 49.1. The Morgan fingerprint density at radius 3 is 1.58 bits per heavy atom. The number of hydrogen-bond acceptors (Lipinski definition) is 2. The molecule has 2 heteroatoms. The zero-order chi connectivity index (χ0) is 35.1. The van der Waals surface area contributed by atoms with Crippen molar-refractivity contribution in [3.05, 3.63) is 58.7 Å². The summed E-state index contributed by atoms with van der Waals surface area (Å²) in [6, 6.07) is 0. The van der Waals surface area contributed by atoms with Crippen LogP contribution in [0.4, 0.5) is 0 Å². The molecule has 0 aliphatic heterocycles. The molecule has 0 heterocycles. The second-order valence-corrected chi connectivity index (χ2v) is 15.7. The number of carbonyl (C=O) groups excluding carboxylic acids is 1. The van der Waals surface area contributed by atoms with Gasteiger partial charge in [0.15, 0.2) is 0 Å². The molecule has 1 aliphatic rings. The highest BCUT2D eigenvalue weighted by atomic mass is 16.5. The van der Waals surface area contributed by atoms with Crippen LogP contribution in [0.25, 0.3) is 0 Å². The van der Waals surface area contributed by atoms with Gasteiger partial charge in [0.2, 0.25) is 0 Å². The van der Waals surface area contributed by atoms with Crippen LogP contribution in [0.2, 0.25) is 0 Å². The van der Waals surface area contributed by atoms with Crippen molar-refractivity contribution >= 4 is 5.97 Å². The lowest BCUT2D eigenvalue weighted by Gasteiger charge is -2.32. The lowest BCUT2D eigenvalue weighted by atomic mass is 9.72. The summed E-state index contributed by atoms with van der Waals surface area (Å²) in [5, 5.41) is 0. The van der Waals surface area contributed by atoms with E-state index in [4.69, 9.17) is 4.74 Å². The maximum Gasteiger partial charge on any atom is 0.306 e. The minimum atomic E-state index is -0.0670. The first-order valence-corrected chi connectivity index (χ1v) is 20.8. The Hall–Kier alpha value is -1.83. The number of unbranched alkanes of at least 4 members (excludes halogenated alkanes) is 22. The third-order valence-electron chi connectivity index (χ3n) is 10.4. The van der Waals surface area contributed by atoms with Crippen LogP contribution < -0.4 is 0 Å². The van der Waals surface area contributed by atoms with Crippen LogP contribution >= 0.6 is 0 Å². The van der Waals surface area contributed by atoms with Gasteiger partial charge in [0.05, 0.1) is 0 Å². The SMILES string of the molecule is CCCCCCCCCCCCCCCCCCCCCCCCCC(=O)OC/C=C(C)/C=C/C=C(C)/C=C/C1=C(C)CCCC1(C)C. The van der Waals surface area contributed by atoms with Crippen molar-refractivity contribution in [2.75, 3.05) is 6.61 Å². The van der Waals surface area contributed by atoms with Crippen LogP contribution in [0, 0.1) is 5.41 Å². The van der Waals surface area contributed by atoms with Crippen LogP contribution in [0.1, 0.15) is 215 Å². The monoisotopic (exact) mass is 665 g/mol. The van der Waals surface area contributed by atoms with Crippen molar-refractivity contribution in [1.82, 2.24) is 0 Å². The molecule has 0 saturated heterocycles. The molecule has 1 rings (SSSR count). The number of allylic oxidation sites excluding steroid dienone is 9. The summed E-state index contributed by atoms with van der Waals surface area (Å²) >= 11 is 0. The number of esters is 1. The highest BCUT2D eigenvalue weighted by Crippen LogP contribution is 2.40. The van der Waals surface area contributed by atoms with Crippen molar-refractivity contribution in [2.45, 2.75) is 215 Å². The first-order chi connectivity index (χ1) is 23.3. The molecule has 0 amide bonds. The van der Waals surface area contributed by atoms with Gasteiger partial charge in [-0.05, 0) is 63.5 Å². The molecule has 1 aliphatic carbocycles. The molecule has 0 radical (unpaired) electrons. The normalized spacial score (nSPS) is 15.7. The Labute approximate surface area is 300 Å². The van der Waals surface area contributed by atoms with Crippen LogP contribution in [-0.2, 0) is 9.53 Å². The molecule has 0 bridgehead atoms. The first-order valence-electron chi connectivity index (χ1n) is 20.8. The minimum Gasteiger partial charge on any atom is -0.461 e. The topological polar surface area (TPSA) is 26.3 Å². The Kier molecular flexibility index (Phi) is 27.6. The van der Waals surface area contributed by atoms with Gasteiger partial charge in [0.1, 0.15) is 6.61 Å². The van der Waals surface area contributed by atoms with Gasteiger partial charge in [0, 0.05) is 6.42 Å². The second-order valence-electron chi connectivity index (χ2n) is 15.7. The first kappa shape index (κ1) is 44.2. The Bertz CT molecular complexity index is 957. The quantitative estimate of drug-likeness (QED) is 0.0434. The van der Waals surface area contributed by atoms with E-state index in [1.807, 2.05) is 6.08 Å². The molecule has 0 N–H and O–H groups in total. The number of ether oxygens (including phenoxy) is 1. The molecule has 0 aromatic rings. The third-order valence-corrected chi connectivity index (χ3v) is 10.4. The van der Waals surface area contributed by atoms with Crippen LogP contribution in [0.5, 0.6) is 0 Å². The molecule has 0 aromatic heterocycles. The summed E-state index contributed by atoms with van der Waals surface area (Å²) in [7, 11) is 0. The lowest BCUT2D eigenvalue weighted by molar-refractivity contribution is -0.142. The Balaban J connectivity index is 1.92. The summed E-state index contributed by atoms with van der Waals surface area (Å²) in [5.74, 6) is -0.0670. The number of hydrogen-bond donors (Lipinski definition) is 0. The molecule has 48 heavy (non-hydrogen) atoms. The molecule has 0 unspecified atom stereocenters. The predicted molar refractivity (Wildman–Crippen MR) is 214 cm³/mol. The summed E-state index contributed by atoms with van der Waals surface area (Å²) in [4.78, 5) is 12.1. The molecule has 0 saturated carbocycles. The third kappa shape index (κ3) is 25.2. The van der Waals surface area contributed by atoms with Gasteiger partial charge >= 0.3 is 5.97 Å². The minimum absolute atomic E-state index is 0.0670. The van der Waals surface area contributed by atoms with Gasteiger partial charge in [0.25, 0.3) is 0 Å². The average molecular weight is 665 g/mol. The summed E-state index contributed by atoms with van der Waals surface area (Å²) in [5.41, 5.74) is 5.66. The largest absolute Gasteiger partial charge is 0.461 e. The van der Waals surface area contributed by atoms with Gasteiger partial charge < -0.3 is 4.74 Å². The van der Waals surface area contributed by atoms with E-state index in [9.17, 15) is 4.79 Å². The van der Waals surface area contributed by atoms with E-state index in [1.165, 1.54) is 171 Å². The Morgan fingerprint density at radius 1 is 0.667 bits per heavy atom. The summed E-state index contributed by atoms with van der Waals surface area (Å²) < 4.78 is 5.44. The van der Waals surface area contributed by atoms with Crippen molar-refractivity contribution in [1.29, 1.82) is 0 Å². The predicted octanol–water partition coefficient (Wildman–Crippen LogP) is 15.4. The molecule has 2 nitrogen and oxygen atoms in total. The van der Waals surface area contributed by atoms with Crippen molar-refractivity contribution < 1.29 is 9.53 Å². The zero-order valence-corrected chi connectivity index (χ0v) is 33.1. The standard InChI is InChI=1S/C46H80O2/c1-7-8-9-10-11-12-13-14-15-16-17-18-19-20-21-22-23-24-25-26-27-28-29-35-45(47)48-40-38-42(3)33-30-32-41(2)36-37-44-43(4)34-31-39-46(44,5)6/h30,32-33,36-38H,7-29,31,34-35,39-40H2,1-6H3/b33-30+,37-36+,41-32+,42-38+. The molecule has 0 aromatic carbocycles. The van der Waals surface area contributed by atoms with E-state index in [2.05, 4.69) is 71.9 Å². The molecular formula is C46H80O2. The Morgan fingerprint density at radius 2 is 1.12 bits per heavy atom. The maximum absolute atomic E-state index is 12.1. The zero-order valence-electron chi connectivity index (χ0n) is 33.1. The van der Waals surface area contributed by atoms with E-state index >= 15 is 0 Å². The average Bonchev–Trinajstić information content (AvgIpc) is 3.04. The van der Waals surface area contributed by atoms with E-state index in [0.717, 1.165) is 18.4 Å². The van der Waals surface area contributed by atoms with Gasteiger partial charge in [-0.25, -0.2) is 0 Å². The maximum atomic E-state index is 12.1. The van der Waals surface area contributed by atoms with E-state index in [1.54, 1.807) is 0 Å².